The van der Waals surface area contributed by atoms with Crippen LogP contribution in [0.15, 0.2) is 16.9 Å². The third kappa shape index (κ3) is 2.53. The van der Waals surface area contributed by atoms with Gasteiger partial charge in [-0.05, 0) is 12.8 Å². The van der Waals surface area contributed by atoms with E-state index >= 15 is 0 Å². The van der Waals surface area contributed by atoms with Crippen molar-refractivity contribution in [1.29, 1.82) is 0 Å². The largest absolute Gasteiger partial charge is 0.494 e. The highest BCUT2D eigenvalue weighted by molar-refractivity contribution is 5.94. The average Bonchev–Trinajstić information content (AvgIpc) is 2.77. The number of hydrogen-bond donors (Lipinski definition) is 4. The number of amides is 1. The van der Waals surface area contributed by atoms with Crippen LogP contribution in [-0.4, -0.2) is 33.3 Å². The lowest BCUT2D eigenvalue weighted by molar-refractivity contribution is 0.0838. The number of pyridine rings is 1. The zero-order valence-electron chi connectivity index (χ0n) is 9.90. The standard InChI is InChI=1S/C12H16N2O4/c15-7-12(3-1-2-4-12)14-11(18)8-5-9(16)13-10(17)6-8/h5-6,15H,1-4,7H2,(H,14,18)(H2,13,16,17). The number of aliphatic hydroxyl groups excluding tert-OH is 1. The first-order chi connectivity index (χ1) is 8.54. The molecule has 0 radical (unpaired) electrons. The molecule has 1 aliphatic carbocycles. The SMILES string of the molecule is O=C(NC1(CO)CCCC1)c1cc(O)[nH]c(=O)c1. The van der Waals surface area contributed by atoms with Crippen molar-refractivity contribution in [2.45, 2.75) is 31.2 Å². The fraction of sp³-hybridized carbons (Fsp3) is 0.500. The second-order valence-electron chi connectivity index (χ2n) is 4.72. The fourth-order valence-electron chi connectivity index (χ4n) is 2.35. The van der Waals surface area contributed by atoms with Gasteiger partial charge in [0.2, 0.25) is 0 Å². The van der Waals surface area contributed by atoms with Crippen LogP contribution in [0.3, 0.4) is 0 Å². The average molecular weight is 252 g/mol. The first-order valence-electron chi connectivity index (χ1n) is 5.91. The van der Waals surface area contributed by atoms with Gasteiger partial charge in [-0.3, -0.25) is 14.6 Å². The molecule has 6 heteroatoms. The van der Waals surface area contributed by atoms with Crippen LogP contribution >= 0.6 is 0 Å². The molecule has 1 amide bonds. The third-order valence-electron chi connectivity index (χ3n) is 3.33. The minimum Gasteiger partial charge on any atom is -0.494 e. The quantitative estimate of drug-likeness (QED) is 0.613. The molecule has 1 aromatic heterocycles. The molecule has 0 saturated heterocycles. The summed E-state index contributed by atoms with van der Waals surface area (Å²) in [5.74, 6) is -0.801. The summed E-state index contributed by atoms with van der Waals surface area (Å²) in [7, 11) is 0. The van der Waals surface area contributed by atoms with Crippen molar-refractivity contribution in [1.82, 2.24) is 10.3 Å². The van der Waals surface area contributed by atoms with Gasteiger partial charge in [-0.15, -0.1) is 0 Å². The molecule has 1 heterocycles. The molecule has 0 aromatic carbocycles. The van der Waals surface area contributed by atoms with E-state index in [1.165, 1.54) is 6.07 Å². The number of aromatic amines is 1. The maximum atomic E-state index is 12.0. The Morgan fingerprint density at radius 1 is 1.39 bits per heavy atom. The number of hydrogen-bond acceptors (Lipinski definition) is 4. The molecule has 4 N–H and O–H groups in total. The van der Waals surface area contributed by atoms with Crippen LogP contribution in [-0.2, 0) is 0 Å². The van der Waals surface area contributed by atoms with Crippen LogP contribution in [0.2, 0.25) is 0 Å². The lowest BCUT2D eigenvalue weighted by Crippen LogP contribution is -2.49. The molecule has 0 spiro atoms. The summed E-state index contributed by atoms with van der Waals surface area (Å²) in [5, 5.41) is 21.4. The summed E-state index contributed by atoms with van der Waals surface area (Å²) < 4.78 is 0. The summed E-state index contributed by atoms with van der Waals surface area (Å²) >= 11 is 0. The number of aromatic nitrogens is 1. The van der Waals surface area contributed by atoms with E-state index in [0.717, 1.165) is 31.7 Å². The van der Waals surface area contributed by atoms with Crippen LogP contribution in [0.1, 0.15) is 36.0 Å². The van der Waals surface area contributed by atoms with Crippen LogP contribution in [0.5, 0.6) is 5.88 Å². The van der Waals surface area contributed by atoms with E-state index in [9.17, 15) is 19.8 Å². The first-order valence-corrected chi connectivity index (χ1v) is 5.91. The second kappa shape index (κ2) is 4.81. The van der Waals surface area contributed by atoms with Crippen molar-refractivity contribution in [3.05, 3.63) is 28.0 Å². The predicted molar refractivity (Wildman–Crippen MR) is 64.5 cm³/mol. The summed E-state index contributed by atoms with van der Waals surface area (Å²) in [6.07, 6.45) is 3.37. The first kappa shape index (κ1) is 12.6. The van der Waals surface area contributed by atoms with Gasteiger partial charge >= 0.3 is 0 Å². The molecule has 0 unspecified atom stereocenters. The number of aromatic hydroxyl groups is 1. The monoisotopic (exact) mass is 252 g/mol. The Labute approximate surface area is 104 Å². The van der Waals surface area contributed by atoms with E-state index in [4.69, 9.17) is 0 Å². The Balaban J connectivity index is 2.18. The fourth-order valence-corrected chi connectivity index (χ4v) is 2.35. The van der Waals surface area contributed by atoms with Crippen molar-refractivity contribution in [2.75, 3.05) is 6.61 Å². The molecule has 1 saturated carbocycles. The van der Waals surface area contributed by atoms with Crippen molar-refractivity contribution >= 4 is 5.91 Å². The van der Waals surface area contributed by atoms with Gasteiger partial charge in [-0.2, -0.15) is 0 Å². The Morgan fingerprint density at radius 3 is 2.61 bits per heavy atom. The number of nitrogens with one attached hydrogen (secondary N) is 2. The van der Waals surface area contributed by atoms with Crippen LogP contribution in [0.4, 0.5) is 0 Å². The maximum Gasteiger partial charge on any atom is 0.252 e. The Bertz CT molecular complexity index is 503. The number of rotatable bonds is 3. The van der Waals surface area contributed by atoms with Gasteiger partial charge in [-0.25, -0.2) is 0 Å². The van der Waals surface area contributed by atoms with Gasteiger partial charge in [0.25, 0.3) is 11.5 Å². The molecule has 1 fully saturated rings. The highest BCUT2D eigenvalue weighted by Crippen LogP contribution is 2.29. The zero-order valence-corrected chi connectivity index (χ0v) is 9.90. The van der Waals surface area contributed by atoms with Gasteiger partial charge in [-0.1, -0.05) is 12.8 Å². The molecule has 6 nitrogen and oxygen atoms in total. The number of carbonyl (C=O) groups is 1. The van der Waals surface area contributed by atoms with E-state index in [0.29, 0.717) is 0 Å². The normalized spacial score (nSPS) is 17.6. The topological polar surface area (TPSA) is 102 Å². The zero-order chi connectivity index (χ0) is 13.2. The van der Waals surface area contributed by atoms with Crippen molar-refractivity contribution < 1.29 is 15.0 Å². The molecule has 0 bridgehead atoms. The number of carbonyl (C=O) groups excluding carboxylic acids is 1. The molecular formula is C12H16N2O4. The number of aliphatic hydroxyl groups is 1. The van der Waals surface area contributed by atoms with E-state index in [1.54, 1.807) is 0 Å². The Hall–Kier alpha value is -1.82. The minimum atomic E-state index is -0.588. The van der Waals surface area contributed by atoms with Gasteiger partial charge in [0.1, 0.15) is 0 Å². The molecule has 18 heavy (non-hydrogen) atoms. The Morgan fingerprint density at radius 2 is 2.06 bits per heavy atom. The summed E-state index contributed by atoms with van der Waals surface area (Å²) in [5.41, 5.74) is -1.03. The summed E-state index contributed by atoms with van der Waals surface area (Å²) in [6, 6.07) is 2.31. The molecule has 0 atom stereocenters. The number of H-pyrrole nitrogens is 1. The van der Waals surface area contributed by atoms with E-state index < -0.39 is 17.0 Å². The second-order valence-corrected chi connectivity index (χ2v) is 4.72. The van der Waals surface area contributed by atoms with Crippen LogP contribution in [0.25, 0.3) is 0 Å². The van der Waals surface area contributed by atoms with Gasteiger partial charge in [0.15, 0.2) is 5.88 Å². The summed E-state index contributed by atoms with van der Waals surface area (Å²) in [6.45, 7) is -0.117. The van der Waals surface area contributed by atoms with Crippen LogP contribution < -0.4 is 10.9 Å². The van der Waals surface area contributed by atoms with Crippen molar-refractivity contribution in [3.63, 3.8) is 0 Å². The highest BCUT2D eigenvalue weighted by Gasteiger charge is 2.34. The minimum absolute atomic E-state index is 0.0935. The van der Waals surface area contributed by atoms with Gasteiger partial charge in [0, 0.05) is 12.1 Å². The van der Waals surface area contributed by atoms with Gasteiger partial charge in [0.05, 0.1) is 17.7 Å². The predicted octanol–water partition coefficient (Wildman–Crippen LogP) is 0.115. The van der Waals surface area contributed by atoms with E-state index in [2.05, 4.69) is 10.3 Å². The highest BCUT2D eigenvalue weighted by atomic mass is 16.3. The van der Waals surface area contributed by atoms with E-state index in [1.807, 2.05) is 0 Å². The maximum absolute atomic E-state index is 12.0. The lowest BCUT2D eigenvalue weighted by Gasteiger charge is -2.27. The molecule has 1 aromatic rings. The molecule has 2 rings (SSSR count). The summed E-state index contributed by atoms with van der Waals surface area (Å²) in [4.78, 5) is 25.3. The molecular weight excluding hydrogens is 236 g/mol. The van der Waals surface area contributed by atoms with E-state index in [-0.39, 0.29) is 18.1 Å². The smallest absolute Gasteiger partial charge is 0.252 e. The molecule has 98 valence electrons. The lowest BCUT2D eigenvalue weighted by atomic mass is 9.98. The molecule has 1 aliphatic rings. The van der Waals surface area contributed by atoms with Crippen molar-refractivity contribution in [2.24, 2.45) is 0 Å². The third-order valence-corrected chi connectivity index (χ3v) is 3.33. The van der Waals surface area contributed by atoms with Crippen LogP contribution in [0, 0.1) is 0 Å². The molecule has 0 aliphatic heterocycles. The Kier molecular flexibility index (Phi) is 3.38. The van der Waals surface area contributed by atoms with Gasteiger partial charge < -0.3 is 15.5 Å². The van der Waals surface area contributed by atoms with Crippen molar-refractivity contribution in [3.8, 4) is 5.88 Å².